The lowest BCUT2D eigenvalue weighted by Crippen LogP contribution is -2.41. The Morgan fingerprint density at radius 3 is 2.21 bits per heavy atom. The normalized spacial score (nSPS) is 11.0. The van der Waals surface area contributed by atoms with Gasteiger partial charge in [0.05, 0.1) is 16.6 Å². The Balaban J connectivity index is 1.97. The van der Waals surface area contributed by atoms with Crippen molar-refractivity contribution in [3.63, 3.8) is 0 Å². The molecule has 150 valence electrons. The van der Waals surface area contributed by atoms with E-state index < -0.39 is 18.1 Å². The van der Waals surface area contributed by atoms with Gasteiger partial charge in [-0.3, -0.25) is 5.41 Å². The van der Waals surface area contributed by atoms with Gasteiger partial charge in [-0.25, -0.2) is 4.79 Å². The Bertz CT molecular complexity index is 861. The van der Waals surface area contributed by atoms with Crippen LogP contribution in [0.25, 0.3) is 0 Å². The molecule has 0 saturated carbocycles. The van der Waals surface area contributed by atoms with Crippen molar-refractivity contribution in [2.24, 2.45) is 5.73 Å². The molecule has 0 aliphatic heterocycles. The number of hydrogen-bond donors (Lipinski definition) is 2. The molecule has 28 heavy (non-hydrogen) atoms. The number of carbonyl (C=O) groups is 1. The summed E-state index contributed by atoms with van der Waals surface area (Å²) in [4.78, 5) is 15.0. The van der Waals surface area contributed by atoms with E-state index in [1.54, 1.807) is 30.3 Å². The predicted octanol–water partition coefficient (Wildman–Crippen LogP) is 4.29. The molecule has 2 aromatic carbocycles. The van der Waals surface area contributed by atoms with Gasteiger partial charge in [-0.1, -0.05) is 41.4 Å². The largest absolute Gasteiger partial charge is 0.493 e. The van der Waals surface area contributed by atoms with Gasteiger partial charge in [0, 0.05) is 0 Å². The van der Waals surface area contributed by atoms with Crippen LogP contribution in [0.3, 0.4) is 0 Å². The minimum atomic E-state index is -5.20. The van der Waals surface area contributed by atoms with E-state index in [0.717, 1.165) is 5.56 Å². The lowest BCUT2D eigenvalue weighted by molar-refractivity contribution is -0.227. The molecule has 2 aromatic rings. The fraction of sp³-hybridized carbons (Fsp3) is 0.176. The summed E-state index contributed by atoms with van der Waals surface area (Å²) in [5.74, 6) is -2.83. The number of rotatable bonds is 5. The fourth-order valence-electron chi connectivity index (χ4n) is 1.97. The number of nitrogens with two attached hydrogens (primary N) is 1. The summed E-state index contributed by atoms with van der Waals surface area (Å²) in [6.07, 6.45) is -5.20. The number of nitrogens with one attached hydrogen (secondary N) is 1. The van der Waals surface area contributed by atoms with Gasteiger partial charge in [-0.15, -0.1) is 0 Å². The molecule has 0 fully saturated rings. The summed E-state index contributed by atoms with van der Waals surface area (Å²) < 4.78 is 42.5. The third-order valence-corrected chi connectivity index (χ3v) is 4.07. The van der Waals surface area contributed by atoms with Crippen molar-refractivity contribution >= 4 is 35.1 Å². The average Bonchev–Trinajstić information content (AvgIpc) is 2.62. The molecular formula is C17H14Cl2F3N3O3. The minimum Gasteiger partial charge on any atom is -0.489 e. The first-order valence-corrected chi connectivity index (χ1v) is 8.38. The molecule has 3 N–H and O–H groups in total. The molecule has 0 saturated heterocycles. The highest BCUT2D eigenvalue weighted by Crippen LogP contribution is 2.24. The number of nitrogens with zero attached hydrogens (tertiary/aromatic N) is 1. The summed E-state index contributed by atoms with van der Waals surface area (Å²) in [6, 6.07) is 11.3. The molecule has 0 atom stereocenters. The molecule has 0 spiro atoms. The van der Waals surface area contributed by atoms with Crippen LogP contribution in [-0.2, 0) is 22.8 Å². The van der Waals surface area contributed by atoms with E-state index in [-0.39, 0.29) is 13.2 Å². The molecule has 0 aliphatic rings. The highest BCUT2D eigenvalue weighted by atomic mass is 35.5. The molecule has 0 bridgehead atoms. The maximum Gasteiger partial charge on any atom is 0.493 e. The van der Waals surface area contributed by atoms with E-state index in [1.165, 1.54) is 12.1 Å². The van der Waals surface area contributed by atoms with Crippen LogP contribution in [0.1, 0.15) is 11.1 Å². The number of alkyl halides is 3. The number of benzene rings is 2. The van der Waals surface area contributed by atoms with E-state index in [9.17, 15) is 18.0 Å². The minimum absolute atomic E-state index is 0.221. The molecule has 0 aliphatic carbocycles. The number of guanidine groups is 1. The van der Waals surface area contributed by atoms with E-state index in [2.05, 4.69) is 4.84 Å². The van der Waals surface area contributed by atoms with Crippen molar-refractivity contribution in [2.75, 3.05) is 0 Å². The van der Waals surface area contributed by atoms with E-state index in [4.69, 9.17) is 39.1 Å². The Morgan fingerprint density at radius 2 is 1.68 bits per heavy atom. The maximum absolute atomic E-state index is 12.3. The zero-order chi connectivity index (χ0) is 20.9. The standard InChI is InChI=1S/C17H14Cl2F3N3O3/c18-13-6-3-11(7-14(13)19)9-27-12-4-1-10(2-5-12)8-25(16(23)24)28-15(26)17(20,21)22/h1-7H,8-9H2,(H3,23,24). The van der Waals surface area contributed by atoms with E-state index >= 15 is 0 Å². The summed E-state index contributed by atoms with van der Waals surface area (Å²) in [7, 11) is 0. The third kappa shape index (κ3) is 6.21. The van der Waals surface area contributed by atoms with Crippen molar-refractivity contribution < 1.29 is 27.5 Å². The summed E-state index contributed by atoms with van der Waals surface area (Å²) in [6.45, 7) is -0.122. The van der Waals surface area contributed by atoms with Crippen LogP contribution < -0.4 is 10.5 Å². The van der Waals surface area contributed by atoms with Crippen molar-refractivity contribution in [3.05, 3.63) is 63.6 Å². The van der Waals surface area contributed by atoms with Gasteiger partial charge < -0.3 is 15.3 Å². The molecule has 6 nitrogen and oxygen atoms in total. The van der Waals surface area contributed by atoms with Crippen molar-refractivity contribution in [2.45, 2.75) is 19.3 Å². The average molecular weight is 436 g/mol. The molecule has 2 rings (SSSR count). The first-order chi connectivity index (χ1) is 13.1. The van der Waals surface area contributed by atoms with Crippen LogP contribution in [0.4, 0.5) is 13.2 Å². The number of halogens is 5. The van der Waals surface area contributed by atoms with Crippen molar-refractivity contribution in [1.29, 1.82) is 5.41 Å². The van der Waals surface area contributed by atoms with Crippen LogP contribution in [0.15, 0.2) is 42.5 Å². The topological polar surface area (TPSA) is 88.6 Å². The number of hydrogen-bond acceptors (Lipinski definition) is 4. The second-order valence-corrected chi connectivity index (χ2v) is 6.29. The zero-order valence-electron chi connectivity index (χ0n) is 14.1. The van der Waals surface area contributed by atoms with Gasteiger partial charge in [0.1, 0.15) is 12.4 Å². The summed E-state index contributed by atoms with van der Waals surface area (Å²) >= 11 is 11.8. The SMILES string of the molecule is N=C(N)N(Cc1ccc(OCc2ccc(Cl)c(Cl)c2)cc1)OC(=O)C(F)(F)F. The second-order valence-electron chi connectivity index (χ2n) is 5.48. The number of carbonyl (C=O) groups excluding carboxylic acids is 1. The molecule has 0 radical (unpaired) electrons. The lowest BCUT2D eigenvalue weighted by Gasteiger charge is -2.21. The lowest BCUT2D eigenvalue weighted by atomic mass is 10.2. The molecule has 0 aromatic heterocycles. The van der Waals surface area contributed by atoms with Crippen molar-refractivity contribution in [3.8, 4) is 5.75 Å². The fourth-order valence-corrected chi connectivity index (χ4v) is 2.29. The van der Waals surface area contributed by atoms with Gasteiger partial charge >= 0.3 is 12.1 Å². The first-order valence-electron chi connectivity index (χ1n) is 7.62. The van der Waals surface area contributed by atoms with Crippen LogP contribution in [0.2, 0.25) is 10.0 Å². The maximum atomic E-state index is 12.3. The van der Waals surface area contributed by atoms with Crippen LogP contribution in [0, 0.1) is 5.41 Å². The van der Waals surface area contributed by atoms with E-state index in [0.29, 0.717) is 26.4 Å². The summed E-state index contributed by atoms with van der Waals surface area (Å²) in [5, 5.41) is 8.41. The number of ether oxygens (including phenoxy) is 1. The zero-order valence-corrected chi connectivity index (χ0v) is 15.6. The highest BCUT2D eigenvalue weighted by Gasteiger charge is 2.43. The highest BCUT2D eigenvalue weighted by molar-refractivity contribution is 6.42. The van der Waals surface area contributed by atoms with Gasteiger partial charge in [0.2, 0.25) is 5.96 Å². The Kier molecular flexibility index (Phi) is 6.98. The van der Waals surface area contributed by atoms with Gasteiger partial charge in [0.15, 0.2) is 0 Å². The molecule has 0 amide bonds. The molecule has 0 heterocycles. The van der Waals surface area contributed by atoms with Gasteiger partial charge in [-0.2, -0.15) is 18.2 Å². The van der Waals surface area contributed by atoms with Crippen LogP contribution in [-0.4, -0.2) is 23.2 Å². The second kappa shape index (κ2) is 9.03. The van der Waals surface area contributed by atoms with Crippen molar-refractivity contribution in [1.82, 2.24) is 5.06 Å². The number of hydroxylamine groups is 2. The van der Waals surface area contributed by atoms with Gasteiger partial charge in [-0.05, 0) is 35.4 Å². The Hall–Kier alpha value is -2.65. The molecule has 0 unspecified atom stereocenters. The predicted molar refractivity (Wildman–Crippen MR) is 96.8 cm³/mol. The third-order valence-electron chi connectivity index (χ3n) is 3.33. The monoisotopic (exact) mass is 435 g/mol. The molecular weight excluding hydrogens is 422 g/mol. The Labute approximate surface area is 168 Å². The van der Waals surface area contributed by atoms with Gasteiger partial charge in [0.25, 0.3) is 0 Å². The molecule has 11 heteroatoms. The smallest absolute Gasteiger partial charge is 0.489 e. The summed E-state index contributed by atoms with van der Waals surface area (Å²) in [5.41, 5.74) is 6.39. The Morgan fingerprint density at radius 1 is 1.07 bits per heavy atom. The van der Waals surface area contributed by atoms with Crippen LogP contribution >= 0.6 is 23.2 Å². The first kappa shape index (κ1) is 21.6. The van der Waals surface area contributed by atoms with Crippen LogP contribution in [0.5, 0.6) is 5.75 Å². The quantitative estimate of drug-likeness (QED) is 0.415. The van der Waals surface area contributed by atoms with E-state index in [1.807, 2.05) is 0 Å².